The van der Waals surface area contributed by atoms with E-state index in [-0.39, 0.29) is 23.3 Å². The quantitative estimate of drug-likeness (QED) is 0.331. The number of nitrogens with zero attached hydrogens (tertiary/aromatic N) is 1. The molecule has 10 nitrogen and oxygen atoms in total. The lowest BCUT2D eigenvalue weighted by atomic mass is 10.3. The van der Waals surface area contributed by atoms with Gasteiger partial charge in [0, 0.05) is 23.6 Å². The molecule has 2 atom stereocenters. The molecule has 1 unspecified atom stereocenters. The Morgan fingerprint density at radius 1 is 0.923 bits per heavy atom. The fourth-order valence-corrected chi connectivity index (χ4v) is 4.26. The summed E-state index contributed by atoms with van der Waals surface area (Å²) in [6, 6.07) is 0.0956. The van der Waals surface area contributed by atoms with Crippen molar-refractivity contribution in [2.75, 3.05) is 11.5 Å². The van der Waals surface area contributed by atoms with Crippen molar-refractivity contribution in [2.24, 2.45) is 5.73 Å². The molecule has 1 aliphatic rings. The number of rotatable bonds is 1. The highest BCUT2D eigenvalue weighted by Crippen LogP contribution is 2.33. The fourth-order valence-electron chi connectivity index (χ4n) is 1.97. The number of ether oxygens (including phenoxy) is 2. The van der Waals surface area contributed by atoms with Crippen LogP contribution >= 0.6 is 21.6 Å². The molecule has 1 aliphatic heterocycles. The maximum absolute atomic E-state index is 12.3. The van der Waals surface area contributed by atoms with Crippen molar-refractivity contribution in [3.8, 4) is 11.8 Å². The summed E-state index contributed by atoms with van der Waals surface area (Å²) in [4.78, 5) is 47.2. The summed E-state index contributed by atoms with van der Waals surface area (Å²) in [6.45, 7) is 0. The van der Waals surface area contributed by atoms with Gasteiger partial charge in [-0.3, -0.25) is 14.2 Å². The molecule has 0 radical (unpaired) electrons. The van der Waals surface area contributed by atoms with Crippen molar-refractivity contribution >= 4 is 45.5 Å². The summed E-state index contributed by atoms with van der Waals surface area (Å²) in [5, 5.41) is 19.6. The Kier molecular flexibility index (Phi) is 6.94. The Hall–Kier alpha value is -2.18. The van der Waals surface area contributed by atoms with E-state index >= 15 is 0 Å². The molecular formula is C14H16N2O8S2. The van der Waals surface area contributed by atoms with Gasteiger partial charge in [0.2, 0.25) is 0 Å². The summed E-state index contributed by atoms with van der Waals surface area (Å²) >= 11 is 0. The lowest BCUT2D eigenvalue weighted by molar-refractivity contribution is -0.166. The largest absolute Gasteiger partial charge is 0.494 e. The third kappa shape index (κ3) is 5.16. The van der Waals surface area contributed by atoms with E-state index in [4.69, 9.17) is 5.73 Å². The van der Waals surface area contributed by atoms with E-state index in [1.807, 2.05) is 0 Å². The number of nitrogens with two attached hydrogens (primary N) is 1. The fraction of sp³-hybridized carbons (Fsp3) is 0.429. The SMILES string of the molecule is NC1CSSC[C@H](n2c(O)ccc2O)C(=O)OC(=O)CCC(=O)OC1=O. The summed E-state index contributed by atoms with van der Waals surface area (Å²) in [6.07, 6.45) is -0.942. The van der Waals surface area contributed by atoms with Gasteiger partial charge in [-0.2, -0.15) is 0 Å². The summed E-state index contributed by atoms with van der Waals surface area (Å²) < 4.78 is 10.1. The molecule has 1 aromatic heterocycles. The molecule has 1 aromatic rings. The second-order valence-corrected chi connectivity index (χ2v) is 7.75. The van der Waals surface area contributed by atoms with Gasteiger partial charge in [0.1, 0.15) is 12.1 Å². The molecule has 12 heteroatoms. The van der Waals surface area contributed by atoms with Crippen LogP contribution in [0.2, 0.25) is 0 Å². The van der Waals surface area contributed by atoms with Gasteiger partial charge in [-0.05, 0) is 0 Å². The molecule has 2 rings (SSSR count). The van der Waals surface area contributed by atoms with Gasteiger partial charge in [0.05, 0.1) is 12.8 Å². The lowest BCUT2D eigenvalue weighted by Crippen LogP contribution is -2.36. The molecule has 0 bridgehead atoms. The first-order valence-electron chi connectivity index (χ1n) is 7.37. The molecule has 1 saturated heterocycles. The molecule has 0 amide bonds. The molecule has 0 aliphatic carbocycles. The standard InChI is InChI=1S/C14H16N2O8S2/c15-7-5-25-26-6-8(16-9(17)1-2-10(16)18)14(22)24-12(20)4-3-11(19)23-13(7)21/h1-2,7-8,17-18H,3-6,15H2/t7?,8-/m0/s1. The van der Waals surface area contributed by atoms with Crippen LogP contribution in [0.3, 0.4) is 0 Å². The van der Waals surface area contributed by atoms with Gasteiger partial charge in [0.15, 0.2) is 11.8 Å². The van der Waals surface area contributed by atoms with Crippen LogP contribution in [0.5, 0.6) is 11.8 Å². The maximum Gasteiger partial charge on any atom is 0.337 e. The number of hydrogen-bond donors (Lipinski definition) is 3. The second-order valence-electron chi connectivity index (χ2n) is 5.20. The van der Waals surface area contributed by atoms with Crippen LogP contribution in [0.15, 0.2) is 12.1 Å². The molecule has 0 saturated carbocycles. The monoisotopic (exact) mass is 404 g/mol. The lowest BCUT2D eigenvalue weighted by Gasteiger charge is -2.19. The minimum absolute atomic E-state index is 0.00722. The van der Waals surface area contributed by atoms with Gasteiger partial charge < -0.3 is 25.4 Å². The molecule has 26 heavy (non-hydrogen) atoms. The highest BCUT2D eigenvalue weighted by molar-refractivity contribution is 8.76. The summed E-state index contributed by atoms with van der Waals surface area (Å²) in [5.74, 6) is -4.55. The van der Waals surface area contributed by atoms with E-state index in [2.05, 4.69) is 9.47 Å². The number of aromatic hydroxyl groups is 2. The van der Waals surface area contributed by atoms with Gasteiger partial charge in [-0.1, -0.05) is 21.6 Å². The second kappa shape index (κ2) is 8.96. The normalized spacial score (nSPS) is 23.9. The number of esters is 4. The number of carbonyl (C=O) groups is 4. The average Bonchev–Trinajstić information content (AvgIpc) is 2.91. The molecule has 0 aromatic carbocycles. The van der Waals surface area contributed by atoms with E-state index < -0.39 is 48.8 Å². The van der Waals surface area contributed by atoms with Crippen molar-refractivity contribution in [3.63, 3.8) is 0 Å². The van der Waals surface area contributed by atoms with E-state index in [0.717, 1.165) is 26.2 Å². The highest BCUT2D eigenvalue weighted by atomic mass is 33.1. The van der Waals surface area contributed by atoms with Crippen LogP contribution in [0.1, 0.15) is 18.9 Å². The zero-order valence-electron chi connectivity index (χ0n) is 13.3. The Balaban J connectivity index is 2.20. The molecule has 4 N–H and O–H groups in total. The van der Waals surface area contributed by atoms with Crippen LogP contribution in [0.4, 0.5) is 0 Å². The van der Waals surface area contributed by atoms with Crippen LogP contribution < -0.4 is 5.73 Å². The predicted molar refractivity (Wildman–Crippen MR) is 91.1 cm³/mol. The first-order chi connectivity index (χ1) is 12.3. The number of aromatic nitrogens is 1. The Labute approximate surface area is 155 Å². The Morgan fingerprint density at radius 3 is 2.00 bits per heavy atom. The van der Waals surface area contributed by atoms with E-state index in [1.54, 1.807) is 0 Å². The van der Waals surface area contributed by atoms with Gasteiger partial charge >= 0.3 is 23.9 Å². The molecule has 2 heterocycles. The van der Waals surface area contributed by atoms with E-state index in [0.29, 0.717) is 0 Å². The molecule has 142 valence electrons. The molecular weight excluding hydrogens is 388 g/mol. The van der Waals surface area contributed by atoms with Crippen LogP contribution in [0.25, 0.3) is 0 Å². The third-order valence-corrected chi connectivity index (χ3v) is 5.71. The van der Waals surface area contributed by atoms with Crippen molar-refractivity contribution < 1.29 is 38.9 Å². The van der Waals surface area contributed by atoms with Crippen molar-refractivity contribution in [1.29, 1.82) is 0 Å². The van der Waals surface area contributed by atoms with Crippen LogP contribution in [-0.2, 0) is 28.7 Å². The Bertz CT molecular complexity index is 700. The number of carbonyl (C=O) groups excluding carboxylic acids is 4. The predicted octanol–water partition coefficient (Wildman–Crippen LogP) is 0.0825. The summed E-state index contributed by atoms with van der Waals surface area (Å²) in [5.41, 5.74) is 5.62. The molecule has 1 fully saturated rings. The van der Waals surface area contributed by atoms with Gasteiger partial charge in [-0.15, -0.1) is 0 Å². The minimum atomic E-state index is -1.20. The highest BCUT2D eigenvalue weighted by Gasteiger charge is 2.30. The topological polar surface area (TPSA) is 158 Å². The molecule has 0 spiro atoms. The Morgan fingerprint density at radius 2 is 1.42 bits per heavy atom. The average molecular weight is 404 g/mol. The van der Waals surface area contributed by atoms with Crippen molar-refractivity contribution in [1.82, 2.24) is 4.57 Å². The summed E-state index contributed by atoms with van der Waals surface area (Å²) in [7, 11) is 2.22. The zero-order valence-corrected chi connectivity index (χ0v) is 15.0. The van der Waals surface area contributed by atoms with Crippen molar-refractivity contribution in [3.05, 3.63) is 12.1 Å². The third-order valence-electron chi connectivity index (χ3n) is 3.28. The number of cyclic esters (lactones) is 4. The van der Waals surface area contributed by atoms with E-state index in [1.165, 1.54) is 12.1 Å². The van der Waals surface area contributed by atoms with Crippen LogP contribution in [-0.4, -0.2) is 56.2 Å². The first-order valence-corrected chi connectivity index (χ1v) is 9.86. The van der Waals surface area contributed by atoms with Crippen LogP contribution in [0, 0.1) is 0 Å². The first kappa shape index (κ1) is 20.1. The van der Waals surface area contributed by atoms with Crippen molar-refractivity contribution in [2.45, 2.75) is 24.9 Å². The van der Waals surface area contributed by atoms with Gasteiger partial charge in [0.25, 0.3) is 0 Å². The van der Waals surface area contributed by atoms with Gasteiger partial charge in [-0.25, -0.2) is 9.59 Å². The van der Waals surface area contributed by atoms with E-state index in [9.17, 15) is 29.4 Å². The number of hydrogen-bond acceptors (Lipinski definition) is 11. The zero-order chi connectivity index (χ0) is 19.3. The smallest absolute Gasteiger partial charge is 0.337 e. The maximum atomic E-state index is 12.3. The minimum Gasteiger partial charge on any atom is -0.494 e.